The van der Waals surface area contributed by atoms with Gasteiger partial charge < -0.3 is 4.74 Å². The number of halogens is 4. The SMILES string of the molecule is C=C(C)c1ccc(COc2cc(C(F)(F)F)nc(Cl)n2)cc1. The van der Waals surface area contributed by atoms with Gasteiger partial charge in [0.25, 0.3) is 0 Å². The molecule has 0 aliphatic carbocycles. The zero-order valence-corrected chi connectivity index (χ0v) is 12.4. The van der Waals surface area contributed by atoms with Crippen LogP contribution in [-0.4, -0.2) is 9.97 Å². The van der Waals surface area contributed by atoms with Crippen LogP contribution in [-0.2, 0) is 12.8 Å². The van der Waals surface area contributed by atoms with Gasteiger partial charge in [0.15, 0.2) is 5.69 Å². The highest BCUT2D eigenvalue weighted by atomic mass is 35.5. The molecule has 0 fully saturated rings. The first-order chi connectivity index (χ1) is 10.3. The standard InChI is InChI=1S/C15H12ClF3N2O/c1-9(2)11-5-3-10(4-6-11)8-22-13-7-12(15(17,18)19)20-14(16)21-13/h3-7H,1,8H2,2H3. The fraction of sp³-hybridized carbons (Fsp3) is 0.200. The number of allylic oxidation sites excluding steroid dienone is 1. The van der Waals surface area contributed by atoms with Crippen molar-refractivity contribution < 1.29 is 17.9 Å². The summed E-state index contributed by atoms with van der Waals surface area (Å²) >= 11 is 5.48. The number of nitrogens with zero attached hydrogens (tertiary/aromatic N) is 2. The lowest BCUT2D eigenvalue weighted by atomic mass is 10.1. The first-order valence-corrected chi connectivity index (χ1v) is 6.63. The van der Waals surface area contributed by atoms with Gasteiger partial charge in [-0.2, -0.15) is 18.2 Å². The molecule has 3 nitrogen and oxygen atoms in total. The zero-order valence-electron chi connectivity index (χ0n) is 11.6. The molecule has 0 spiro atoms. The van der Waals surface area contributed by atoms with Crippen molar-refractivity contribution in [1.29, 1.82) is 0 Å². The molecule has 116 valence electrons. The van der Waals surface area contributed by atoms with Crippen LogP contribution in [0.1, 0.15) is 23.7 Å². The lowest BCUT2D eigenvalue weighted by Crippen LogP contribution is -2.10. The van der Waals surface area contributed by atoms with Gasteiger partial charge in [-0.25, -0.2) is 4.98 Å². The van der Waals surface area contributed by atoms with Crippen LogP contribution < -0.4 is 4.74 Å². The number of alkyl halides is 3. The van der Waals surface area contributed by atoms with E-state index in [1.165, 1.54) is 0 Å². The Kier molecular flexibility index (Phi) is 4.71. The molecule has 0 unspecified atom stereocenters. The summed E-state index contributed by atoms with van der Waals surface area (Å²) in [6.07, 6.45) is -4.60. The predicted octanol–water partition coefficient (Wildman–Crippen LogP) is 4.76. The Bertz CT molecular complexity index is 684. The van der Waals surface area contributed by atoms with E-state index >= 15 is 0 Å². The predicted molar refractivity (Wildman–Crippen MR) is 77.5 cm³/mol. The summed E-state index contributed by atoms with van der Waals surface area (Å²) in [6, 6.07) is 8.04. The molecule has 0 aliphatic heterocycles. The van der Waals surface area contributed by atoms with E-state index in [1.54, 1.807) is 12.1 Å². The Hall–Kier alpha value is -2.08. The first kappa shape index (κ1) is 16.3. The van der Waals surface area contributed by atoms with E-state index in [2.05, 4.69) is 16.5 Å². The Labute approximate surface area is 130 Å². The van der Waals surface area contributed by atoms with E-state index in [4.69, 9.17) is 16.3 Å². The van der Waals surface area contributed by atoms with Gasteiger partial charge >= 0.3 is 6.18 Å². The second-order valence-electron chi connectivity index (χ2n) is 4.62. The maximum Gasteiger partial charge on any atom is 0.433 e. The Morgan fingerprint density at radius 2 is 1.86 bits per heavy atom. The van der Waals surface area contributed by atoms with Crippen molar-refractivity contribution in [3.05, 3.63) is 59.0 Å². The Morgan fingerprint density at radius 1 is 1.23 bits per heavy atom. The van der Waals surface area contributed by atoms with Crippen LogP contribution in [0.3, 0.4) is 0 Å². The summed E-state index contributed by atoms with van der Waals surface area (Å²) in [5.41, 5.74) is 1.55. The maximum absolute atomic E-state index is 12.6. The van der Waals surface area contributed by atoms with E-state index in [0.717, 1.165) is 16.7 Å². The molecule has 0 N–H and O–H groups in total. The third-order valence-corrected chi connectivity index (χ3v) is 2.97. The molecule has 0 atom stereocenters. The maximum atomic E-state index is 12.6. The average Bonchev–Trinajstić information content (AvgIpc) is 2.44. The minimum absolute atomic E-state index is 0.0705. The average molecular weight is 329 g/mol. The summed E-state index contributed by atoms with van der Waals surface area (Å²) in [5.74, 6) is -0.226. The summed E-state index contributed by atoms with van der Waals surface area (Å²) in [5, 5.41) is -0.512. The van der Waals surface area contributed by atoms with E-state index in [9.17, 15) is 13.2 Å². The normalized spacial score (nSPS) is 11.3. The Morgan fingerprint density at radius 3 is 2.41 bits per heavy atom. The van der Waals surface area contributed by atoms with Crippen molar-refractivity contribution in [3.63, 3.8) is 0 Å². The van der Waals surface area contributed by atoms with Crippen LogP contribution in [0.2, 0.25) is 5.28 Å². The summed E-state index contributed by atoms with van der Waals surface area (Å²) in [7, 11) is 0. The second-order valence-corrected chi connectivity index (χ2v) is 4.96. The van der Waals surface area contributed by atoms with Crippen LogP contribution in [0.15, 0.2) is 36.9 Å². The van der Waals surface area contributed by atoms with Gasteiger partial charge in [-0.1, -0.05) is 36.4 Å². The highest BCUT2D eigenvalue weighted by molar-refractivity contribution is 6.28. The second kappa shape index (κ2) is 6.36. The van der Waals surface area contributed by atoms with Gasteiger partial charge in [0.05, 0.1) is 0 Å². The molecule has 0 radical (unpaired) electrons. The van der Waals surface area contributed by atoms with Gasteiger partial charge in [-0.15, -0.1) is 0 Å². The molecule has 1 aromatic heterocycles. The lowest BCUT2D eigenvalue weighted by molar-refractivity contribution is -0.141. The van der Waals surface area contributed by atoms with Crippen molar-refractivity contribution >= 4 is 17.2 Å². The molecule has 7 heteroatoms. The van der Waals surface area contributed by atoms with E-state index in [0.29, 0.717) is 6.07 Å². The van der Waals surface area contributed by atoms with Crippen LogP contribution in [0.5, 0.6) is 5.88 Å². The highest BCUT2D eigenvalue weighted by Gasteiger charge is 2.33. The van der Waals surface area contributed by atoms with Crippen LogP contribution in [0, 0.1) is 0 Å². The van der Waals surface area contributed by atoms with Crippen LogP contribution in [0.25, 0.3) is 5.57 Å². The zero-order chi connectivity index (χ0) is 16.3. The minimum Gasteiger partial charge on any atom is -0.473 e. The molecule has 0 bridgehead atoms. The third-order valence-electron chi connectivity index (χ3n) is 2.80. The minimum atomic E-state index is -4.60. The number of rotatable bonds is 4. The molecule has 1 aromatic carbocycles. The van der Waals surface area contributed by atoms with Crippen molar-refractivity contribution in [3.8, 4) is 5.88 Å². The summed E-state index contributed by atoms with van der Waals surface area (Å²) in [6.45, 7) is 5.77. The van der Waals surface area contributed by atoms with Crippen molar-refractivity contribution in [2.24, 2.45) is 0 Å². The fourth-order valence-electron chi connectivity index (χ4n) is 1.66. The molecule has 0 amide bonds. The topological polar surface area (TPSA) is 35.0 Å². The van der Waals surface area contributed by atoms with E-state index in [-0.39, 0.29) is 12.5 Å². The van der Waals surface area contributed by atoms with Gasteiger partial charge in [-0.05, 0) is 29.7 Å². The van der Waals surface area contributed by atoms with Crippen LogP contribution in [0.4, 0.5) is 13.2 Å². The Balaban J connectivity index is 2.11. The van der Waals surface area contributed by atoms with Crippen molar-refractivity contribution in [2.75, 3.05) is 0 Å². The summed E-state index contributed by atoms with van der Waals surface area (Å²) < 4.78 is 43.1. The fourth-order valence-corrected chi connectivity index (χ4v) is 1.83. The van der Waals surface area contributed by atoms with Crippen LogP contribution >= 0.6 is 11.6 Å². The number of ether oxygens (including phenoxy) is 1. The molecule has 2 rings (SSSR count). The van der Waals surface area contributed by atoms with Gasteiger partial charge in [0.2, 0.25) is 11.2 Å². The monoisotopic (exact) mass is 328 g/mol. The molecular formula is C15H12ClF3N2O. The lowest BCUT2D eigenvalue weighted by Gasteiger charge is -2.10. The third kappa shape index (κ3) is 4.21. The smallest absolute Gasteiger partial charge is 0.433 e. The molecule has 0 saturated carbocycles. The first-order valence-electron chi connectivity index (χ1n) is 6.25. The molecule has 0 aliphatic rings. The van der Waals surface area contributed by atoms with Gasteiger partial charge in [-0.3, -0.25) is 0 Å². The van der Waals surface area contributed by atoms with E-state index in [1.807, 2.05) is 19.1 Å². The number of aromatic nitrogens is 2. The molecule has 0 saturated heterocycles. The van der Waals surface area contributed by atoms with Gasteiger partial charge in [0, 0.05) is 6.07 Å². The number of hydrogen-bond donors (Lipinski definition) is 0. The quantitative estimate of drug-likeness (QED) is 0.759. The number of hydrogen-bond acceptors (Lipinski definition) is 3. The van der Waals surface area contributed by atoms with E-state index < -0.39 is 17.2 Å². The highest BCUT2D eigenvalue weighted by Crippen LogP contribution is 2.30. The number of benzene rings is 1. The van der Waals surface area contributed by atoms with Crippen molar-refractivity contribution in [1.82, 2.24) is 9.97 Å². The molecule has 22 heavy (non-hydrogen) atoms. The van der Waals surface area contributed by atoms with Gasteiger partial charge in [0.1, 0.15) is 6.61 Å². The molecule has 2 aromatic rings. The largest absolute Gasteiger partial charge is 0.473 e. The molecular weight excluding hydrogens is 317 g/mol. The molecule has 1 heterocycles. The summed E-state index contributed by atoms with van der Waals surface area (Å²) in [4.78, 5) is 6.76. The van der Waals surface area contributed by atoms with Crippen molar-refractivity contribution in [2.45, 2.75) is 19.7 Å².